The van der Waals surface area contributed by atoms with E-state index in [1.165, 1.54) is 12.8 Å². The molecule has 0 bridgehead atoms. The van der Waals surface area contributed by atoms with Gasteiger partial charge in [0.1, 0.15) is 0 Å². The normalized spacial score (nSPS) is 15.1. The fourth-order valence-corrected chi connectivity index (χ4v) is 2.80. The lowest BCUT2D eigenvalue weighted by atomic mass is 10.1. The van der Waals surface area contributed by atoms with Crippen LogP contribution >= 0.6 is 0 Å². The minimum atomic E-state index is -0.483. The van der Waals surface area contributed by atoms with Gasteiger partial charge in [-0.1, -0.05) is 30.3 Å². The number of hydrogen-bond acceptors (Lipinski definition) is 4. The summed E-state index contributed by atoms with van der Waals surface area (Å²) in [5.41, 5.74) is 1.99. The van der Waals surface area contributed by atoms with Crippen molar-refractivity contribution in [3.63, 3.8) is 0 Å². The molecular formula is C22H30N4O2. The highest BCUT2D eigenvalue weighted by atomic mass is 16.5. The Kier molecular flexibility index (Phi) is 7.67. The topological polar surface area (TPSA) is 78.8 Å². The lowest BCUT2D eigenvalue weighted by Gasteiger charge is -2.14. The number of hydrogen-bond donors (Lipinski definition) is 3. The molecule has 1 heterocycles. The smallest absolute Gasteiger partial charge is 0.213 e. The first-order valence-corrected chi connectivity index (χ1v) is 10.1. The first kappa shape index (κ1) is 20.1. The molecule has 6 heteroatoms. The van der Waals surface area contributed by atoms with Crippen molar-refractivity contribution < 1.29 is 9.84 Å². The number of benzene rings is 1. The summed E-state index contributed by atoms with van der Waals surface area (Å²) in [6, 6.07) is 13.6. The molecule has 0 radical (unpaired) electrons. The molecule has 3 N–H and O–H groups in total. The predicted octanol–water partition coefficient (Wildman–Crippen LogP) is 3.05. The number of aliphatic imine (C=N–C) groups is 1. The molecule has 1 atom stereocenters. The van der Waals surface area contributed by atoms with E-state index in [-0.39, 0.29) is 0 Å². The molecule has 1 aliphatic carbocycles. The van der Waals surface area contributed by atoms with E-state index in [1.54, 1.807) is 6.20 Å². The van der Waals surface area contributed by atoms with Gasteiger partial charge in [-0.15, -0.1) is 0 Å². The van der Waals surface area contributed by atoms with Crippen LogP contribution in [0.25, 0.3) is 0 Å². The summed E-state index contributed by atoms with van der Waals surface area (Å²) < 4.78 is 5.74. The zero-order valence-corrected chi connectivity index (χ0v) is 16.5. The highest BCUT2D eigenvalue weighted by Gasteiger charge is 2.22. The third-order valence-electron chi connectivity index (χ3n) is 4.62. The molecule has 28 heavy (non-hydrogen) atoms. The van der Waals surface area contributed by atoms with Gasteiger partial charge in [0, 0.05) is 25.4 Å². The molecule has 0 spiro atoms. The molecule has 1 saturated carbocycles. The van der Waals surface area contributed by atoms with Crippen molar-refractivity contribution in [2.24, 2.45) is 10.9 Å². The summed E-state index contributed by atoms with van der Waals surface area (Å²) in [5, 5.41) is 16.8. The first-order valence-electron chi connectivity index (χ1n) is 10.1. The number of aromatic nitrogens is 1. The standard InChI is InChI=1S/C22H30N4O2/c1-2-23-22(25-13-11-20(27)19-6-4-3-5-7-19)26-15-18-10-12-24-21(14-18)28-16-17-8-9-17/h3-7,10,12,14,17,20,27H,2,8-9,11,13,15-16H2,1H3,(H2,23,25,26). The third kappa shape index (κ3) is 6.85. The van der Waals surface area contributed by atoms with Crippen molar-refractivity contribution in [3.05, 3.63) is 59.8 Å². The van der Waals surface area contributed by atoms with Crippen molar-refractivity contribution in [3.8, 4) is 5.88 Å². The zero-order chi connectivity index (χ0) is 19.6. The first-order chi connectivity index (χ1) is 13.7. The summed E-state index contributed by atoms with van der Waals surface area (Å²) in [6.07, 6.45) is 4.43. The number of pyridine rings is 1. The Labute approximate surface area is 167 Å². The molecule has 150 valence electrons. The van der Waals surface area contributed by atoms with E-state index in [0.29, 0.717) is 31.3 Å². The Morgan fingerprint density at radius 2 is 2.07 bits per heavy atom. The molecular weight excluding hydrogens is 352 g/mol. The van der Waals surface area contributed by atoms with Gasteiger partial charge < -0.3 is 20.5 Å². The average molecular weight is 383 g/mol. The Bertz CT molecular complexity index is 747. The van der Waals surface area contributed by atoms with Crippen LogP contribution in [0.15, 0.2) is 53.7 Å². The van der Waals surface area contributed by atoms with E-state index < -0.39 is 6.10 Å². The highest BCUT2D eigenvalue weighted by molar-refractivity contribution is 5.79. The van der Waals surface area contributed by atoms with Gasteiger partial charge in [-0.2, -0.15) is 0 Å². The molecule has 1 aliphatic rings. The van der Waals surface area contributed by atoms with Gasteiger partial charge in [0.15, 0.2) is 5.96 Å². The lowest BCUT2D eigenvalue weighted by Crippen LogP contribution is -2.38. The zero-order valence-electron chi connectivity index (χ0n) is 16.5. The second-order valence-corrected chi connectivity index (χ2v) is 7.09. The summed E-state index contributed by atoms with van der Waals surface area (Å²) >= 11 is 0. The maximum atomic E-state index is 10.3. The van der Waals surface area contributed by atoms with Gasteiger partial charge in [-0.05, 0) is 49.3 Å². The molecule has 0 saturated heterocycles. The van der Waals surface area contributed by atoms with Crippen molar-refractivity contribution >= 4 is 5.96 Å². The Morgan fingerprint density at radius 3 is 2.82 bits per heavy atom. The number of guanidine groups is 1. The van der Waals surface area contributed by atoms with E-state index in [1.807, 2.05) is 49.4 Å². The molecule has 1 unspecified atom stereocenters. The average Bonchev–Trinajstić information content (AvgIpc) is 3.56. The SMILES string of the molecule is CCNC(=NCc1ccnc(OCC2CC2)c1)NCCC(O)c1ccccc1. The van der Waals surface area contributed by atoms with Crippen LogP contribution < -0.4 is 15.4 Å². The Balaban J connectivity index is 1.48. The lowest BCUT2D eigenvalue weighted by molar-refractivity contribution is 0.168. The number of aliphatic hydroxyl groups excluding tert-OH is 1. The number of aliphatic hydroxyl groups is 1. The van der Waals surface area contributed by atoms with Gasteiger partial charge in [-0.25, -0.2) is 9.98 Å². The van der Waals surface area contributed by atoms with Gasteiger partial charge in [0.05, 0.1) is 19.3 Å². The van der Waals surface area contributed by atoms with Crippen LogP contribution in [0, 0.1) is 5.92 Å². The minimum absolute atomic E-state index is 0.483. The quantitative estimate of drug-likeness (QED) is 0.435. The van der Waals surface area contributed by atoms with Gasteiger partial charge in [0.25, 0.3) is 0 Å². The number of nitrogens with zero attached hydrogens (tertiary/aromatic N) is 2. The van der Waals surface area contributed by atoms with E-state index in [2.05, 4.69) is 20.6 Å². The molecule has 1 aromatic carbocycles. The van der Waals surface area contributed by atoms with E-state index >= 15 is 0 Å². The third-order valence-corrected chi connectivity index (χ3v) is 4.62. The Morgan fingerprint density at radius 1 is 1.25 bits per heavy atom. The van der Waals surface area contributed by atoms with Gasteiger partial charge >= 0.3 is 0 Å². The number of ether oxygens (including phenoxy) is 1. The fourth-order valence-electron chi connectivity index (χ4n) is 2.80. The van der Waals surface area contributed by atoms with Crippen molar-refractivity contribution in [2.45, 2.75) is 38.8 Å². The van der Waals surface area contributed by atoms with Crippen molar-refractivity contribution in [1.29, 1.82) is 0 Å². The largest absolute Gasteiger partial charge is 0.477 e. The van der Waals surface area contributed by atoms with Gasteiger partial charge in [0.2, 0.25) is 5.88 Å². The fraction of sp³-hybridized carbons (Fsp3) is 0.455. The van der Waals surface area contributed by atoms with Crippen LogP contribution in [0.5, 0.6) is 5.88 Å². The van der Waals surface area contributed by atoms with Gasteiger partial charge in [-0.3, -0.25) is 0 Å². The van der Waals surface area contributed by atoms with E-state index in [4.69, 9.17) is 4.74 Å². The number of rotatable bonds is 10. The summed E-state index contributed by atoms with van der Waals surface area (Å²) in [5.74, 6) is 2.11. The molecule has 6 nitrogen and oxygen atoms in total. The van der Waals surface area contributed by atoms with Crippen molar-refractivity contribution in [2.75, 3.05) is 19.7 Å². The van der Waals surface area contributed by atoms with Crippen molar-refractivity contribution in [1.82, 2.24) is 15.6 Å². The van der Waals surface area contributed by atoms with E-state index in [9.17, 15) is 5.11 Å². The van der Waals surface area contributed by atoms with Crippen LogP contribution in [-0.4, -0.2) is 35.7 Å². The van der Waals surface area contributed by atoms with Crippen LogP contribution in [0.4, 0.5) is 0 Å². The van der Waals surface area contributed by atoms with Crippen LogP contribution in [0.1, 0.15) is 43.4 Å². The van der Waals surface area contributed by atoms with Crippen LogP contribution in [0.2, 0.25) is 0 Å². The van der Waals surface area contributed by atoms with Crippen LogP contribution in [-0.2, 0) is 6.54 Å². The molecule has 1 aromatic heterocycles. The second-order valence-electron chi connectivity index (χ2n) is 7.09. The second kappa shape index (κ2) is 10.7. The summed E-state index contributed by atoms with van der Waals surface area (Å²) in [7, 11) is 0. The van der Waals surface area contributed by atoms with Crippen LogP contribution in [0.3, 0.4) is 0 Å². The predicted molar refractivity (Wildman–Crippen MR) is 111 cm³/mol. The molecule has 0 amide bonds. The molecule has 2 aromatic rings. The van der Waals surface area contributed by atoms with E-state index in [0.717, 1.165) is 30.2 Å². The maximum absolute atomic E-state index is 10.3. The number of nitrogens with one attached hydrogen (secondary N) is 2. The maximum Gasteiger partial charge on any atom is 0.213 e. The molecule has 0 aliphatic heterocycles. The summed E-state index contributed by atoms with van der Waals surface area (Å²) in [4.78, 5) is 8.90. The summed E-state index contributed by atoms with van der Waals surface area (Å²) in [6.45, 7) is 4.74. The molecule has 3 rings (SSSR count). The minimum Gasteiger partial charge on any atom is -0.477 e. The highest BCUT2D eigenvalue weighted by Crippen LogP contribution is 2.29. The Hall–Kier alpha value is -2.60. The molecule has 1 fully saturated rings. The monoisotopic (exact) mass is 382 g/mol.